The van der Waals surface area contributed by atoms with Gasteiger partial charge in [-0.2, -0.15) is 0 Å². The van der Waals surface area contributed by atoms with Crippen molar-refractivity contribution in [3.05, 3.63) is 0 Å². The molecule has 0 amide bonds. The molecule has 0 unspecified atom stereocenters. The molecule has 1 heteroatoms. The molecule has 1 atom stereocenters. The lowest BCUT2D eigenvalue weighted by atomic mass is 9.84. The number of hydrogen-bond donors (Lipinski definition) is 1. The molecule has 0 aromatic rings. The first-order valence-corrected chi connectivity index (χ1v) is 8.08. The van der Waals surface area contributed by atoms with E-state index in [0.717, 1.165) is 12.0 Å². The third-order valence-corrected chi connectivity index (χ3v) is 4.35. The molecule has 0 heterocycles. The highest BCUT2D eigenvalue weighted by Crippen LogP contribution is 2.26. The summed E-state index contributed by atoms with van der Waals surface area (Å²) in [6.45, 7) is 5.92. The molecule has 0 saturated heterocycles. The summed E-state index contributed by atoms with van der Waals surface area (Å²) in [6, 6.07) is 0.756. The Morgan fingerprint density at radius 2 is 1.59 bits per heavy atom. The molecule has 1 N–H and O–H groups in total. The van der Waals surface area contributed by atoms with Crippen molar-refractivity contribution < 1.29 is 0 Å². The predicted molar refractivity (Wildman–Crippen MR) is 77.4 cm³/mol. The van der Waals surface area contributed by atoms with Crippen LogP contribution in [0.2, 0.25) is 0 Å². The molecular weight excluding hydrogens is 206 g/mol. The summed E-state index contributed by atoms with van der Waals surface area (Å²) in [6.07, 6.45) is 15.8. The third kappa shape index (κ3) is 7.08. The van der Waals surface area contributed by atoms with E-state index < -0.39 is 0 Å². The minimum atomic E-state index is 0.756. The van der Waals surface area contributed by atoms with Crippen molar-refractivity contribution in [2.24, 2.45) is 5.92 Å². The van der Waals surface area contributed by atoms with E-state index in [1.807, 2.05) is 0 Å². The smallest absolute Gasteiger partial charge is 0.00669 e. The van der Waals surface area contributed by atoms with Crippen molar-refractivity contribution in [3.63, 3.8) is 0 Å². The molecule has 1 aliphatic rings. The van der Waals surface area contributed by atoms with Crippen LogP contribution in [-0.4, -0.2) is 12.6 Å². The minimum absolute atomic E-state index is 0.756. The van der Waals surface area contributed by atoms with Gasteiger partial charge in [-0.25, -0.2) is 0 Å². The zero-order valence-electron chi connectivity index (χ0n) is 12.1. The molecule has 0 radical (unpaired) electrons. The molecule has 0 bridgehead atoms. The average molecular weight is 239 g/mol. The van der Waals surface area contributed by atoms with Crippen LogP contribution in [0.4, 0.5) is 0 Å². The molecule has 0 aromatic heterocycles. The Morgan fingerprint density at radius 1 is 0.941 bits per heavy atom. The molecule has 1 aliphatic carbocycles. The van der Waals surface area contributed by atoms with Crippen LogP contribution in [0.5, 0.6) is 0 Å². The Bertz CT molecular complexity index is 161. The van der Waals surface area contributed by atoms with Crippen LogP contribution in [0, 0.1) is 5.92 Å². The molecule has 102 valence electrons. The Morgan fingerprint density at radius 3 is 2.29 bits per heavy atom. The van der Waals surface area contributed by atoms with Gasteiger partial charge >= 0.3 is 0 Å². The number of rotatable bonds is 9. The fraction of sp³-hybridized carbons (Fsp3) is 1.00. The Hall–Kier alpha value is -0.0400. The SMILES string of the molecule is CCCCCCCCN[C@@H](C)C1CCCCC1. The third-order valence-electron chi connectivity index (χ3n) is 4.35. The highest BCUT2D eigenvalue weighted by molar-refractivity contribution is 4.75. The van der Waals surface area contributed by atoms with Gasteiger partial charge in [0.2, 0.25) is 0 Å². The Labute approximate surface area is 109 Å². The van der Waals surface area contributed by atoms with E-state index in [-0.39, 0.29) is 0 Å². The zero-order valence-corrected chi connectivity index (χ0v) is 12.1. The maximum absolute atomic E-state index is 3.74. The van der Waals surface area contributed by atoms with Gasteiger partial charge in [-0.15, -0.1) is 0 Å². The Kier molecular flexibility index (Phi) is 8.78. The standard InChI is InChI=1S/C16H33N/c1-3-4-5-6-7-11-14-17-15(2)16-12-9-8-10-13-16/h15-17H,3-14H2,1-2H3/t15-/m0/s1. The molecule has 0 aliphatic heterocycles. The zero-order chi connectivity index (χ0) is 12.3. The number of nitrogens with one attached hydrogen (secondary N) is 1. The van der Waals surface area contributed by atoms with Gasteiger partial charge in [-0.3, -0.25) is 0 Å². The molecule has 1 saturated carbocycles. The summed E-state index contributed by atoms with van der Waals surface area (Å²) in [5, 5.41) is 3.74. The van der Waals surface area contributed by atoms with E-state index in [4.69, 9.17) is 0 Å². The van der Waals surface area contributed by atoms with E-state index in [9.17, 15) is 0 Å². The normalized spacial score (nSPS) is 19.4. The summed E-state index contributed by atoms with van der Waals surface area (Å²) in [7, 11) is 0. The maximum Gasteiger partial charge on any atom is 0.00669 e. The quantitative estimate of drug-likeness (QED) is 0.564. The largest absolute Gasteiger partial charge is 0.314 e. The van der Waals surface area contributed by atoms with Gasteiger partial charge in [0, 0.05) is 6.04 Å². The van der Waals surface area contributed by atoms with Gasteiger partial charge < -0.3 is 5.32 Å². The topological polar surface area (TPSA) is 12.0 Å². The molecule has 0 aromatic carbocycles. The lowest BCUT2D eigenvalue weighted by molar-refractivity contribution is 0.281. The summed E-state index contributed by atoms with van der Waals surface area (Å²) < 4.78 is 0. The predicted octanol–water partition coefficient (Wildman–Crippen LogP) is 4.91. The van der Waals surface area contributed by atoms with E-state index in [1.54, 1.807) is 0 Å². The molecular formula is C16H33N. The summed E-state index contributed by atoms with van der Waals surface area (Å²) >= 11 is 0. The molecule has 0 spiro atoms. The van der Waals surface area contributed by atoms with Gasteiger partial charge in [0.05, 0.1) is 0 Å². The lowest BCUT2D eigenvalue weighted by Crippen LogP contribution is -2.35. The van der Waals surface area contributed by atoms with Crippen LogP contribution < -0.4 is 5.32 Å². The van der Waals surface area contributed by atoms with Gasteiger partial charge in [0.15, 0.2) is 0 Å². The van der Waals surface area contributed by atoms with Crippen molar-refractivity contribution in [1.29, 1.82) is 0 Å². The first kappa shape index (κ1) is 15.0. The number of unbranched alkanes of at least 4 members (excludes halogenated alkanes) is 5. The van der Waals surface area contributed by atoms with Gasteiger partial charge in [0.1, 0.15) is 0 Å². The van der Waals surface area contributed by atoms with E-state index >= 15 is 0 Å². The minimum Gasteiger partial charge on any atom is -0.314 e. The molecule has 1 rings (SSSR count). The summed E-state index contributed by atoms with van der Waals surface area (Å²) in [5.74, 6) is 0.962. The van der Waals surface area contributed by atoms with Crippen LogP contribution in [-0.2, 0) is 0 Å². The van der Waals surface area contributed by atoms with Gasteiger partial charge in [-0.1, -0.05) is 58.3 Å². The Balaban J connectivity index is 1.90. The monoisotopic (exact) mass is 239 g/mol. The van der Waals surface area contributed by atoms with Crippen molar-refractivity contribution in [2.75, 3.05) is 6.54 Å². The fourth-order valence-corrected chi connectivity index (χ4v) is 3.04. The van der Waals surface area contributed by atoms with E-state index in [0.29, 0.717) is 0 Å². The van der Waals surface area contributed by atoms with Crippen molar-refractivity contribution in [3.8, 4) is 0 Å². The van der Waals surface area contributed by atoms with Crippen LogP contribution >= 0.6 is 0 Å². The van der Waals surface area contributed by atoms with Crippen LogP contribution in [0.3, 0.4) is 0 Å². The van der Waals surface area contributed by atoms with Crippen molar-refractivity contribution >= 4 is 0 Å². The first-order valence-electron chi connectivity index (χ1n) is 8.08. The second-order valence-corrected chi connectivity index (χ2v) is 5.91. The molecule has 1 nitrogen and oxygen atoms in total. The second kappa shape index (κ2) is 9.94. The van der Waals surface area contributed by atoms with Gasteiger partial charge in [-0.05, 0) is 38.6 Å². The average Bonchev–Trinajstić information content (AvgIpc) is 2.38. The van der Waals surface area contributed by atoms with Crippen LogP contribution in [0.25, 0.3) is 0 Å². The first-order chi connectivity index (χ1) is 8.34. The van der Waals surface area contributed by atoms with Crippen molar-refractivity contribution in [2.45, 2.75) is 90.5 Å². The highest BCUT2D eigenvalue weighted by Gasteiger charge is 2.18. The summed E-state index contributed by atoms with van der Waals surface area (Å²) in [5.41, 5.74) is 0. The second-order valence-electron chi connectivity index (χ2n) is 5.91. The van der Waals surface area contributed by atoms with E-state index in [1.165, 1.54) is 77.2 Å². The van der Waals surface area contributed by atoms with Crippen LogP contribution in [0.15, 0.2) is 0 Å². The summed E-state index contributed by atoms with van der Waals surface area (Å²) in [4.78, 5) is 0. The van der Waals surface area contributed by atoms with Crippen molar-refractivity contribution in [1.82, 2.24) is 5.32 Å². The van der Waals surface area contributed by atoms with E-state index in [2.05, 4.69) is 19.2 Å². The number of hydrogen-bond acceptors (Lipinski definition) is 1. The molecule has 17 heavy (non-hydrogen) atoms. The van der Waals surface area contributed by atoms with Crippen LogP contribution in [0.1, 0.15) is 84.5 Å². The highest BCUT2D eigenvalue weighted by atomic mass is 14.9. The maximum atomic E-state index is 3.74. The fourth-order valence-electron chi connectivity index (χ4n) is 3.04. The lowest BCUT2D eigenvalue weighted by Gasteiger charge is -2.28. The van der Waals surface area contributed by atoms with Gasteiger partial charge in [0.25, 0.3) is 0 Å². The molecule has 1 fully saturated rings.